The van der Waals surface area contributed by atoms with E-state index in [2.05, 4.69) is 51.3 Å². The van der Waals surface area contributed by atoms with E-state index in [1.54, 1.807) is 13.2 Å². The fraction of sp³-hybridized carbons (Fsp3) is 0.423. The molecule has 0 unspecified atom stereocenters. The van der Waals surface area contributed by atoms with Crippen LogP contribution in [0.15, 0.2) is 36.8 Å². The van der Waals surface area contributed by atoms with Crippen molar-refractivity contribution in [1.29, 1.82) is 0 Å². The van der Waals surface area contributed by atoms with Crippen LogP contribution in [0.3, 0.4) is 0 Å². The van der Waals surface area contributed by atoms with Gasteiger partial charge in [-0.1, -0.05) is 19.9 Å². The van der Waals surface area contributed by atoms with E-state index >= 15 is 0 Å². The van der Waals surface area contributed by atoms with E-state index in [-0.39, 0.29) is 17.5 Å². The molecule has 5 rings (SSSR count). The van der Waals surface area contributed by atoms with Crippen LogP contribution in [-0.2, 0) is 11.0 Å². The molecule has 1 fully saturated rings. The van der Waals surface area contributed by atoms with Gasteiger partial charge in [0.05, 0.1) is 12.2 Å². The van der Waals surface area contributed by atoms with Gasteiger partial charge < -0.3 is 10.3 Å². The Labute approximate surface area is 206 Å². The van der Waals surface area contributed by atoms with Crippen molar-refractivity contribution in [2.75, 3.05) is 26.7 Å². The highest BCUT2D eigenvalue weighted by Gasteiger charge is 2.35. The second-order valence-electron chi connectivity index (χ2n) is 9.77. The average molecular weight is 499 g/mol. The molecule has 3 aromatic heterocycles. The number of likely N-dealkylation sites (tertiary alicyclic amines) is 1. The Kier molecular flexibility index (Phi) is 6.23. The summed E-state index contributed by atoms with van der Waals surface area (Å²) in [6.45, 7) is 6.22. The SMILES string of the molecule is CNC(=O)CN1CCC(c2ccc3[nH]c(-c4cc(C(F)(F)F)c5ncnn5c4)c(C(C)C)c3c2)CC1. The molecule has 10 heteroatoms. The normalized spacial score (nSPS) is 15.9. The number of halogens is 3. The number of nitrogens with zero attached hydrogens (tertiary/aromatic N) is 4. The Morgan fingerprint density at radius 1 is 1.22 bits per heavy atom. The Bertz CT molecular complexity index is 1410. The lowest BCUT2D eigenvalue weighted by Gasteiger charge is -2.31. The van der Waals surface area contributed by atoms with Crippen molar-refractivity contribution in [3.63, 3.8) is 0 Å². The van der Waals surface area contributed by atoms with Gasteiger partial charge in [0.1, 0.15) is 11.9 Å². The topological polar surface area (TPSA) is 78.3 Å². The third kappa shape index (κ3) is 4.45. The van der Waals surface area contributed by atoms with Crippen LogP contribution in [0.2, 0.25) is 0 Å². The van der Waals surface area contributed by atoms with E-state index in [1.165, 1.54) is 10.1 Å². The van der Waals surface area contributed by atoms with Crippen molar-refractivity contribution in [2.45, 2.75) is 44.7 Å². The first-order valence-corrected chi connectivity index (χ1v) is 12.1. The molecule has 1 aliphatic heterocycles. The van der Waals surface area contributed by atoms with Crippen LogP contribution in [0.1, 0.15) is 55.2 Å². The molecule has 0 bridgehead atoms. The maximum atomic E-state index is 13.8. The molecule has 1 amide bonds. The number of rotatable bonds is 5. The van der Waals surface area contributed by atoms with Gasteiger partial charge in [-0.3, -0.25) is 9.69 Å². The van der Waals surface area contributed by atoms with Crippen LogP contribution in [0.5, 0.6) is 0 Å². The maximum absolute atomic E-state index is 13.8. The van der Waals surface area contributed by atoms with Crippen LogP contribution in [0, 0.1) is 0 Å². The van der Waals surface area contributed by atoms with Crippen LogP contribution in [0.4, 0.5) is 13.2 Å². The minimum atomic E-state index is -4.55. The van der Waals surface area contributed by atoms with Gasteiger partial charge in [0.2, 0.25) is 5.91 Å². The zero-order valence-electron chi connectivity index (χ0n) is 20.5. The van der Waals surface area contributed by atoms with E-state index in [9.17, 15) is 18.0 Å². The number of H-pyrrole nitrogens is 1. The Hall–Kier alpha value is -3.40. The number of hydrogen-bond acceptors (Lipinski definition) is 4. The Morgan fingerprint density at radius 3 is 2.64 bits per heavy atom. The van der Waals surface area contributed by atoms with Crippen molar-refractivity contribution in [2.24, 2.45) is 0 Å². The average Bonchev–Trinajstić information content (AvgIpc) is 3.47. The smallest absolute Gasteiger partial charge is 0.358 e. The lowest BCUT2D eigenvalue weighted by atomic mass is 9.87. The first kappa shape index (κ1) is 24.3. The molecule has 1 aliphatic rings. The third-order valence-corrected chi connectivity index (χ3v) is 7.11. The monoisotopic (exact) mass is 498 g/mol. The number of hydrogen-bond donors (Lipinski definition) is 2. The molecule has 2 N–H and O–H groups in total. The van der Waals surface area contributed by atoms with Gasteiger partial charge in [-0.25, -0.2) is 9.50 Å². The summed E-state index contributed by atoms with van der Waals surface area (Å²) in [5.41, 5.74) is 3.16. The quantitative estimate of drug-likeness (QED) is 0.408. The van der Waals surface area contributed by atoms with Gasteiger partial charge in [0.15, 0.2) is 5.65 Å². The number of amides is 1. The summed E-state index contributed by atoms with van der Waals surface area (Å²) < 4.78 is 42.6. The van der Waals surface area contributed by atoms with Gasteiger partial charge in [0, 0.05) is 29.7 Å². The number of nitrogens with one attached hydrogen (secondary N) is 2. The molecule has 0 atom stereocenters. The zero-order chi connectivity index (χ0) is 25.6. The number of benzene rings is 1. The molecule has 4 aromatic rings. The molecule has 0 spiro atoms. The summed E-state index contributed by atoms with van der Waals surface area (Å²) in [6, 6.07) is 7.47. The zero-order valence-corrected chi connectivity index (χ0v) is 20.5. The highest BCUT2D eigenvalue weighted by Crippen LogP contribution is 2.40. The van der Waals surface area contributed by atoms with Crippen LogP contribution >= 0.6 is 0 Å². The van der Waals surface area contributed by atoms with Crippen molar-refractivity contribution in [1.82, 2.24) is 29.8 Å². The number of aromatic nitrogens is 4. The molecule has 36 heavy (non-hydrogen) atoms. The van der Waals surface area contributed by atoms with Gasteiger partial charge in [-0.15, -0.1) is 0 Å². The largest absolute Gasteiger partial charge is 0.420 e. The molecule has 0 radical (unpaired) electrons. The summed E-state index contributed by atoms with van der Waals surface area (Å²) in [4.78, 5) is 21.1. The highest BCUT2D eigenvalue weighted by atomic mass is 19.4. The predicted molar refractivity (Wildman–Crippen MR) is 132 cm³/mol. The second kappa shape index (κ2) is 9.24. The maximum Gasteiger partial charge on any atom is 0.420 e. The van der Waals surface area contributed by atoms with E-state index in [1.807, 2.05) is 6.07 Å². The summed E-state index contributed by atoms with van der Waals surface area (Å²) >= 11 is 0. The van der Waals surface area contributed by atoms with Crippen molar-refractivity contribution in [3.8, 4) is 11.3 Å². The minimum absolute atomic E-state index is 0.0223. The van der Waals surface area contributed by atoms with E-state index in [4.69, 9.17) is 0 Å². The summed E-state index contributed by atoms with van der Waals surface area (Å²) in [6.07, 6.45) is 0.0873. The van der Waals surface area contributed by atoms with E-state index < -0.39 is 11.7 Å². The molecular weight excluding hydrogens is 469 g/mol. The fourth-order valence-electron chi connectivity index (χ4n) is 5.29. The number of fused-ring (bicyclic) bond motifs is 2. The van der Waals surface area contributed by atoms with Crippen molar-refractivity contribution < 1.29 is 18.0 Å². The van der Waals surface area contributed by atoms with Gasteiger partial charge in [0.25, 0.3) is 0 Å². The number of carbonyl (C=O) groups is 1. The molecule has 1 aromatic carbocycles. The van der Waals surface area contributed by atoms with Crippen LogP contribution < -0.4 is 5.32 Å². The summed E-state index contributed by atoms with van der Waals surface area (Å²) in [5.74, 6) is 0.477. The lowest BCUT2D eigenvalue weighted by molar-refractivity contribution is -0.136. The summed E-state index contributed by atoms with van der Waals surface area (Å²) in [5, 5.41) is 7.67. The number of piperidine rings is 1. The fourth-order valence-corrected chi connectivity index (χ4v) is 5.29. The van der Waals surface area contributed by atoms with Crippen LogP contribution in [0.25, 0.3) is 27.8 Å². The third-order valence-electron chi connectivity index (χ3n) is 7.11. The van der Waals surface area contributed by atoms with Gasteiger partial charge in [-0.2, -0.15) is 18.3 Å². The molecule has 190 valence electrons. The van der Waals surface area contributed by atoms with Crippen molar-refractivity contribution in [3.05, 3.63) is 53.5 Å². The number of carbonyl (C=O) groups excluding carboxylic acids is 1. The van der Waals surface area contributed by atoms with E-state index in [0.29, 0.717) is 23.7 Å². The molecule has 4 heterocycles. The standard InChI is InChI=1S/C26H29F3N6O/c1-15(2)23-19-10-17(16-6-8-34(9-7-16)13-22(36)30-3)4-5-21(19)33-24(23)18-11-20(26(27,28)29)25-31-14-32-35(25)12-18/h4-5,10-12,14-16,33H,6-9,13H2,1-3H3,(H,30,36). The Morgan fingerprint density at radius 2 is 1.97 bits per heavy atom. The molecule has 0 saturated carbocycles. The lowest BCUT2D eigenvalue weighted by Crippen LogP contribution is -2.40. The van der Waals surface area contributed by atoms with Gasteiger partial charge >= 0.3 is 6.18 Å². The van der Waals surface area contributed by atoms with E-state index in [0.717, 1.165) is 54.8 Å². The number of pyridine rings is 1. The van der Waals surface area contributed by atoms with Crippen LogP contribution in [-0.4, -0.2) is 57.1 Å². The molecule has 0 aliphatic carbocycles. The minimum Gasteiger partial charge on any atom is -0.358 e. The number of aromatic amines is 1. The number of alkyl halides is 3. The van der Waals surface area contributed by atoms with Crippen molar-refractivity contribution >= 4 is 22.5 Å². The molecular formula is C26H29F3N6O. The van der Waals surface area contributed by atoms with Gasteiger partial charge in [-0.05, 0) is 67.1 Å². The first-order valence-electron chi connectivity index (χ1n) is 12.1. The first-order chi connectivity index (χ1) is 17.2. The number of likely N-dealkylation sites (N-methyl/N-ethyl adjacent to an activating group) is 1. The molecule has 7 nitrogen and oxygen atoms in total. The summed E-state index contributed by atoms with van der Waals surface area (Å²) in [7, 11) is 1.65. The second-order valence-corrected chi connectivity index (χ2v) is 9.77. The Balaban J connectivity index is 1.52. The molecule has 1 saturated heterocycles. The predicted octanol–water partition coefficient (Wildman–Crippen LogP) is 4.95. The highest BCUT2D eigenvalue weighted by molar-refractivity contribution is 5.92.